The number of benzene rings is 2. The van der Waals surface area contributed by atoms with Gasteiger partial charge in [0.15, 0.2) is 6.61 Å². The predicted molar refractivity (Wildman–Crippen MR) is 112 cm³/mol. The highest BCUT2D eigenvalue weighted by Crippen LogP contribution is 2.19. The Kier molecular flexibility index (Phi) is 7.62. The maximum Gasteiger partial charge on any atom is 0.260 e. The minimum atomic E-state index is -0.0679. The molecule has 1 heterocycles. The third-order valence-electron chi connectivity index (χ3n) is 4.49. The number of nitrogens with zero attached hydrogens (tertiary/aromatic N) is 2. The number of rotatable bonds is 7. The van der Waals surface area contributed by atoms with Gasteiger partial charge in [-0.25, -0.2) is 0 Å². The molecule has 3 rings (SSSR count). The fourth-order valence-corrected chi connectivity index (χ4v) is 3.89. The Labute approximate surface area is 174 Å². The van der Waals surface area contributed by atoms with Crippen molar-refractivity contribution in [2.75, 3.05) is 38.5 Å². The lowest BCUT2D eigenvalue weighted by atomic mass is 10.3. The summed E-state index contributed by atoms with van der Waals surface area (Å²) < 4.78 is 5.51. The summed E-state index contributed by atoms with van der Waals surface area (Å²) in [7, 11) is 0. The topological polar surface area (TPSA) is 49.9 Å². The molecule has 2 aromatic carbocycles. The lowest BCUT2D eigenvalue weighted by Crippen LogP contribution is -2.51. The molecule has 0 bridgehead atoms. The molecule has 28 heavy (non-hydrogen) atoms. The standard InChI is InChI=1S/C21H23ClN2O3S/c22-17-6-8-18(9-7-17)27-16-21(26)24-13-11-23(12-14-24)20(25)10-15-28-19-4-2-1-3-5-19/h1-9H,10-16H2. The Bertz CT molecular complexity index is 778. The van der Waals surface area contributed by atoms with E-state index < -0.39 is 0 Å². The third kappa shape index (κ3) is 6.17. The number of halogens is 1. The molecule has 148 valence electrons. The zero-order valence-corrected chi connectivity index (χ0v) is 17.1. The second-order valence-electron chi connectivity index (χ2n) is 6.42. The van der Waals surface area contributed by atoms with Crippen molar-refractivity contribution in [3.05, 3.63) is 59.6 Å². The highest BCUT2D eigenvalue weighted by Gasteiger charge is 2.24. The Balaban J connectivity index is 1.35. The van der Waals surface area contributed by atoms with Gasteiger partial charge in [-0.15, -0.1) is 11.8 Å². The Morgan fingerprint density at radius 2 is 1.50 bits per heavy atom. The van der Waals surface area contributed by atoms with Gasteiger partial charge in [-0.05, 0) is 36.4 Å². The van der Waals surface area contributed by atoms with Gasteiger partial charge in [0.25, 0.3) is 5.91 Å². The van der Waals surface area contributed by atoms with E-state index in [9.17, 15) is 9.59 Å². The molecule has 5 nitrogen and oxygen atoms in total. The molecule has 2 amide bonds. The highest BCUT2D eigenvalue weighted by molar-refractivity contribution is 7.99. The summed E-state index contributed by atoms with van der Waals surface area (Å²) in [6, 6.07) is 17.0. The van der Waals surface area contributed by atoms with E-state index in [1.54, 1.807) is 40.9 Å². The van der Waals surface area contributed by atoms with Gasteiger partial charge in [0, 0.05) is 48.3 Å². The molecule has 0 radical (unpaired) electrons. The monoisotopic (exact) mass is 418 g/mol. The fourth-order valence-electron chi connectivity index (χ4n) is 2.90. The molecule has 7 heteroatoms. The number of piperazine rings is 1. The maximum atomic E-state index is 12.4. The molecule has 2 aromatic rings. The average Bonchev–Trinajstić information content (AvgIpc) is 2.74. The van der Waals surface area contributed by atoms with E-state index in [0.29, 0.717) is 43.4 Å². The zero-order valence-electron chi connectivity index (χ0n) is 15.6. The number of hydrogen-bond donors (Lipinski definition) is 0. The highest BCUT2D eigenvalue weighted by atomic mass is 35.5. The van der Waals surface area contributed by atoms with Crippen molar-refractivity contribution in [3.8, 4) is 5.75 Å². The van der Waals surface area contributed by atoms with E-state index in [1.165, 1.54) is 4.90 Å². The minimum Gasteiger partial charge on any atom is -0.484 e. The summed E-state index contributed by atoms with van der Waals surface area (Å²) in [5, 5.41) is 0.627. The summed E-state index contributed by atoms with van der Waals surface area (Å²) >= 11 is 7.52. The van der Waals surface area contributed by atoms with Crippen LogP contribution in [0.2, 0.25) is 5.02 Å². The van der Waals surface area contributed by atoms with Gasteiger partial charge in [-0.2, -0.15) is 0 Å². The molecular formula is C21H23ClN2O3S. The van der Waals surface area contributed by atoms with Crippen LogP contribution in [-0.4, -0.2) is 60.2 Å². The fraction of sp³-hybridized carbons (Fsp3) is 0.333. The number of thioether (sulfide) groups is 1. The molecule has 0 unspecified atom stereocenters. The Morgan fingerprint density at radius 3 is 2.14 bits per heavy atom. The van der Waals surface area contributed by atoms with Crippen molar-refractivity contribution in [1.29, 1.82) is 0 Å². The second kappa shape index (κ2) is 10.4. The average molecular weight is 419 g/mol. The van der Waals surface area contributed by atoms with Crippen LogP contribution in [-0.2, 0) is 9.59 Å². The first-order valence-electron chi connectivity index (χ1n) is 9.23. The Hall–Kier alpha value is -2.18. The van der Waals surface area contributed by atoms with Crippen LogP contribution in [0.3, 0.4) is 0 Å². The van der Waals surface area contributed by atoms with Crippen LogP contribution in [0.1, 0.15) is 6.42 Å². The summed E-state index contributed by atoms with van der Waals surface area (Å²) in [5.74, 6) is 1.45. The quantitative estimate of drug-likeness (QED) is 0.645. The Morgan fingerprint density at radius 1 is 0.893 bits per heavy atom. The summed E-state index contributed by atoms with van der Waals surface area (Å²) in [6.45, 7) is 2.22. The van der Waals surface area contributed by atoms with E-state index in [4.69, 9.17) is 16.3 Å². The smallest absolute Gasteiger partial charge is 0.260 e. The molecule has 1 aliphatic heterocycles. The molecule has 0 saturated carbocycles. The molecule has 0 N–H and O–H groups in total. The molecule has 1 saturated heterocycles. The van der Waals surface area contributed by atoms with Gasteiger partial charge in [0.2, 0.25) is 5.91 Å². The first-order chi connectivity index (χ1) is 13.6. The number of hydrogen-bond acceptors (Lipinski definition) is 4. The van der Waals surface area contributed by atoms with Crippen molar-refractivity contribution < 1.29 is 14.3 Å². The van der Waals surface area contributed by atoms with Crippen molar-refractivity contribution in [1.82, 2.24) is 9.80 Å². The summed E-state index contributed by atoms with van der Waals surface area (Å²) in [6.07, 6.45) is 0.507. The molecule has 0 aromatic heterocycles. The van der Waals surface area contributed by atoms with Gasteiger partial charge in [-0.1, -0.05) is 29.8 Å². The predicted octanol–water partition coefficient (Wildman–Crippen LogP) is 3.57. The van der Waals surface area contributed by atoms with Crippen molar-refractivity contribution in [2.24, 2.45) is 0 Å². The van der Waals surface area contributed by atoms with Crippen molar-refractivity contribution in [2.45, 2.75) is 11.3 Å². The first kappa shape index (κ1) is 20.6. The third-order valence-corrected chi connectivity index (χ3v) is 5.75. The number of carbonyl (C=O) groups is 2. The second-order valence-corrected chi connectivity index (χ2v) is 8.02. The first-order valence-corrected chi connectivity index (χ1v) is 10.6. The molecular weight excluding hydrogens is 396 g/mol. The normalized spacial score (nSPS) is 14.0. The number of amides is 2. The zero-order chi connectivity index (χ0) is 19.8. The molecule has 1 fully saturated rings. The van der Waals surface area contributed by atoms with Crippen LogP contribution in [0.5, 0.6) is 5.75 Å². The van der Waals surface area contributed by atoms with Crippen molar-refractivity contribution in [3.63, 3.8) is 0 Å². The lowest BCUT2D eigenvalue weighted by molar-refractivity contribution is -0.140. The van der Waals surface area contributed by atoms with Gasteiger partial charge in [0.05, 0.1) is 0 Å². The van der Waals surface area contributed by atoms with E-state index in [0.717, 1.165) is 5.75 Å². The van der Waals surface area contributed by atoms with Crippen LogP contribution in [0.4, 0.5) is 0 Å². The van der Waals surface area contributed by atoms with E-state index >= 15 is 0 Å². The lowest BCUT2D eigenvalue weighted by Gasteiger charge is -2.34. The molecule has 0 spiro atoms. The molecule has 0 atom stereocenters. The van der Waals surface area contributed by atoms with Crippen LogP contribution in [0, 0.1) is 0 Å². The van der Waals surface area contributed by atoms with E-state index in [1.807, 2.05) is 35.2 Å². The van der Waals surface area contributed by atoms with Crippen molar-refractivity contribution >= 4 is 35.2 Å². The van der Waals surface area contributed by atoms with E-state index in [-0.39, 0.29) is 18.4 Å². The maximum absolute atomic E-state index is 12.4. The van der Waals surface area contributed by atoms with Gasteiger partial charge in [0.1, 0.15) is 5.75 Å². The van der Waals surface area contributed by atoms with Gasteiger partial charge in [-0.3, -0.25) is 9.59 Å². The van der Waals surface area contributed by atoms with Crippen LogP contribution < -0.4 is 4.74 Å². The number of carbonyl (C=O) groups excluding carboxylic acids is 2. The SMILES string of the molecule is O=C(CCSc1ccccc1)N1CCN(C(=O)COc2ccc(Cl)cc2)CC1. The molecule has 0 aliphatic carbocycles. The van der Waals surface area contributed by atoms with Gasteiger partial charge < -0.3 is 14.5 Å². The van der Waals surface area contributed by atoms with Crippen LogP contribution >= 0.6 is 23.4 Å². The number of ether oxygens (including phenoxy) is 1. The largest absolute Gasteiger partial charge is 0.484 e. The minimum absolute atomic E-state index is 0.0106. The van der Waals surface area contributed by atoms with Crippen LogP contribution in [0.15, 0.2) is 59.5 Å². The summed E-state index contributed by atoms with van der Waals surface area (Å²) in [5.41, 5.74) is 0. The van der Waals surface area contributed by atoms with Gasteiger partial charge >= 0.3 is 0 Å². The van der Waals surface area contributed by atoms with E-state index in [2.05, 4.69) is 0 Å². The summed E-state index contributed by atoms with van der Waals surface area (Å²) in [4.78, 5) is 29.5. The molecule has 1 aliphatic rings. The van der Waals surface area contributed by atoms with Crippen LogP contribution in [0.25, 0.3) is 0 Å².